The van der Waals surface area contributed by atoms with Gasteiger partial charge in [-0.05, 0) is 48.2 Å². The monoisotopic (exact) mass is 317 g/mol. The van der Waals surface area contributed by atoms with Crippen molar-refractivity contribution in [2.45, 2.75) is 12.5 Å². The van der Waals surface area contributed by atoms with Gasteiger partial charge in [-0.2, -0.15) is 0 Å². The predicted molar refractivity (Wildman–Crippen MR) is 91.0 cm³/mol. The summed E-state index contributed by atoms with van der Waals surface area (Å²) in [6.07, 6.45) is 1.37. The normalized spacial score (nSPS) is 17.5. The number of nitrogens with one attached hydrogen (secondary N) is 2. The molecule has 2 heterocycles. The molecule has 0 bridgehead atoms. The molecule has 6 heteroatoms. The number of nitrogens with zero attached hydrogens (tertiary/aromatic N) is 1. The number of benzene rings is 1. The average Bonchev–Trinajstić information content (AvgIpc) is 3.19. The third kappa shape index (κ3) is 3.58. The molecular formula is C16H19N3O2S. The van der Waals surface area contributed by atoms with E-state index in [0.717, 1.165) is 35.9 Å². The third-order valence-corrected chi connectivity index (χ3v) is 4.51. The van der Waals surface area contributed by atoms with E-state index in [0.29, 0.717) is 6.10 Å². The number of amides is 2. The molecule has 0 unspecified atom stereocenters. The first-order valence-corrected chi connectivity index (χ1v) is 8.12. The van der Waals surface area contributed by atoms with Crippen LogP contribution in [0.15, 0.2) is 41.8 Å². The van der Waals surface area contributed by atoms with E-state index in [1.54, 1.807) is 7.11 Å². The molecule has 1 atom stereocenters. The highest BCUT2D eigenvalue weighted by Crippen LogP contribution is 2.23. The van der Waals surface area contributed by atoms with E-state index in [1.807, 2.05) is 41.8 Å². The lowest BCUT2D eigenvalue weighted by Gasteiger charge is -2.18. The van der Waals surface area contributed by atoms with Crippen molar-refractivity contribution in [1.82, 2.24) is 0 Å². The molecule has 0 radical (unpaired) electrons. The minimum Gasteiger partial charge on any atom is -0.380 e. The maximum atomic E-state index is 11.9. The van der Waals surface area contributed by atoms with Crippen molar-refractivity contribution in [3.05, 3.63) is 41.8 Å². The van der Waals surface area contributed by atoms with Crippen LogP contribution in [0.3, 0.4) is 0 Å². The van der Waals surface area contributed by atoms with Crippen molar-refractivity contribution in [1.29, 1.82) is 0 Å². The zero-order valence-electron chi connectivity index (χ0n) is 12.4. The van der Waals surface area contributed by atoms with E-state index in [9.17, 15) is 4.79 Å². The predicted octanol–water partition coefficient (Wildman–Crippen LogP) is 3.62. The zero-order chi connectivity index (χ0) is 15.4. The van der Waals surface area contributed by atoms with E-state index in [4.69, 9.17) is 4.74 Å². The summed E-state index contributed by atoms with van der Waals surface area (Å²) in [6, 6.07) is 11.4. The maximum Gasteiger partial charge on any atom is 0.324 e. The van der Waals surface area contributed by atoms with Crippen LogP contribution in [0.1, 0.15) is 6.42 Å². The second-order valence-electron chi connectivity index (χ2n) is 5.20. The van der Waals surface area contributed by atoms with Gasteiger partial charge in [0.15, 0.2) is 0 Å². The molecular weight excluding hydrogens is 298 g/mol. The van der Waals surface area contributed by atoms with Crippen LogP contribution in [0.4, 0.5) is 21.2 Å². The maximum absolute atomic E-state index is 11.9. The quantitative estimate of drug-likeness (QED) is 0.905. The Morgan fingerprint density at radius 3 is 2.73 bits per heavy atom. The van der Waals surface area contributed by atoms with Crippen molar-refractivity contribution >= 4 is 33.7 Å². The molecule has 1 aromatic carbocycles. The Morgan fingerprint density at radius 1 is 1.27 bits per heavy atom. The second kappa shape index (κ2) is 6.81. The summed E-state index contributed by atoms with van der Waals surface area (Å²) in [5.41, 5.74) is 1.93. The van der Waals surface area contributed by atoms with Crippen molar-refractivity contribution < 1.29 is 9.53 Å². The Hall–Kier alpha value is -2.05. The van der Waals surface area contributed by atoms with Gasteiger partial charge in [0.2, 0.25) is 0 Å². The fraction of sp³-hybridized carbons (Fsp3) is 0.312. The smallest absolute Gasteiger partial charge is 0.324 e. The first-order valence-electron chi connectivity index (χ1n) is 7.24. The van der Waals surface area contributed by atoms with E-state index < -0.39 is 0 Å². The number of hydrogen-bond acceptors (Lipinski definition) is 4. The summed E-state index contributed by atoms with van der Waals surface area (Å²) in [5, 5.41) is 8.38. The number of urea groups is 1. The Balaban J connectivity index is 1.56. The molecule has 116 valence electrons. The highest BCUT2D eigenvalue weighted by Gasteiger charge is 2.22. The first kappa shape index (κ1) is 14.9. The Kier molecular flexibility index (Phi) is 4.60. The van der Waals surface area contributed by atoms with Crippen LogP contribution in [0.5, 0.6) is 0 Å². The zero-order valence-corrected chi connectivity index (χ0v) is 13.2. The molecule has 22 heavy (non-hydrogen) atoms. The lowest BCUT2D eigenvalue weighted by atomic mass is 10.2. The number of rotatable bonds is 4. The summed E-state index contributed by atoms with van der Waals surface area (Å²) in [4.78, 5) is 14.2. The fourth-order valence-electron chi connectivity index (χ4n) is 2.53. The van der Waals surface area contributed by atoms with Crippen LogP contribution in [0.2, 0.25) is 0 Å². The van der Waals surface area contributed by atoms with Crippen LogP contribution in [-0.4, -0.2) is 32.3 Å². The molecule has 0 aliphatic carbocycles. The Labute approximate surface area is 133 Å². The molecule has 3 rings (SSSR count). The van der Waals surface area contributed by atoms with Gasteiger partial charge in [-0.1, -0.05) is 0 Å². The standard InChI is InChI=1S/C16H19N3O2S/c1-21-14-8-9-19(11-14)13-6-4-12(5-7-13)17-16(20)18-15-3-2-10-22-15/h2-7,10,14H,8-9,11H2,1H3,(H2,17,18,20)/t14-/m1/s1. The van der Waals surface area contributed by atoms with Crippen LogP contribution in [0.25, 0.3) is 0 Å². The lowest BCUT2D eigenvalue weighted by molar-refractivity contribution is 0.121. The number of hydrogen-bond donors (Lipinski definition) is 2. The van der Waals surface area contributed by atoms with Gasteiger partial charge in [-0.15, -0.1) is 11.3 Å². The van der Waals surface area contributed by atoms with Crippen molar-refractivity contribution in [2.24, 2.45) is 0 Å². The van der Waals surface area contributed by atoms with E-state index in [1.165, 1.54) is 11.3 Å². The van der Waals surface area contributed by atoms with E-state index in [-0.39, 0.29) is 6.03 Å². The van der Waals surface area contributed by atoms with Crippen molar-refractivity contribution in [3.63, 3.8) is 0 Å². The van der Waals surface area contributed by atoms with Gasteiger partial charge in [0.25, 0.3) is 0 Å². The molecule has 2 amide bonds. The van der Waals surface area contributed by atoms with Crippen LogP contribution >= 0.6 is 11.3 Å². The molecule has 1 aromatic heterocycles. The molecule has 1 aliphatic heterocycles. The van der Waals surface area contributed by atoms with Gasteiger partial charge >= 0.3 is 6.03 Å². The first-order chi connectivity index (χ1) is 10.7. The Morgan fingerprint density at radius 2 is 2.09 bits per heavy atom. The number of anilines is 3. The molecule has 2 N–H and O–H groups in total. The average molecular weight is 317 g/mol. The molecule has 0 saturated carbocycles. The molecule has 5 nitrogen and oxygen atoms in total. The highest BCUT2D eigenvalue weighted by molar-refractivity contribution is 7.14. The molecule has 1 fully saturated rings. The van der Waals surface area contributed by atoms with Crippen LogP contribution in [-0.2, 0) is 4.74 Å². The summed E-state index contributed by atoms with van der Waals surface area (Å²) in [5.74, 6) is 0. The minimum atomic E-state index is -0.226. The fourth-order valence-corrected chi connectivity index (χ4v) is 3.15. The van der Waals surface area contributed by atoms with Gasteiger partial charge in [0.1, 0.15) is 0 Å². The number of carbonyl (C=O) groups excluding carboxylic acids is 1. The highest BCUT2D eigenvalue weighted by atomic mass is 32.1. The SMILES string of the molecule is CO[C@@H]1CCN(c2ccc(NC(=O)Nc3cccs3)cc2)C1. The van der Waals surface area contributed by atoms with Crippen LogP contribution < -0.4 is 15.5 Å². The summed E-state index contributed by atoms with van der Waals surface area (Å²) >= 11 is 1.49. The third-order valence-electron chi connectivity index (χ3n) is 3.73. The molecule has 1 saturated heterocycles. The van der Waals surface area contributed by atoms with Gasteiger partial charge in [0.05, 0.1) is 11.1 Å². The van der Waals surface area contributed by atoms with E-state index >= 15 is 0 Å². The second-order valence-corrected chi connectivity index (χ2v) is 6.14. The number of carbonyl (C=O) groups is 1. The van der Waals surface area contributed by atoms with Crippen molar-refractivity contribution in [2.75, 3.05) is 35.7 Å². The number of methoxy groups -OCH3 is 1. The number of ether oxygens (including phenoxy) is 1. The molecule has 1 aliphatic rings. The molecule has 2 aromatic rings. The Bertz CT molecular complexity index is 613. The van der Waals surface area contributed by atoms with E-state index in [2.05, 4.69) is 15.5 Å². The summed E-state index contributed by atoms with van der Waals surface area (Å²) in [6.45, 7) is 1.92. The van der Waals surface area contributed by atoms with Gasteiger partial charge < -0.3 is 15.0 Å². The van der Waals surface area contributed by atoms with Crippen LogP contribution in [0, 0.1) is 0 Å². The minimum absolute atomic E-state index is 0.226. The topological polar surface area (TPSA) is 53.6 Å². The van der Waals surface area contributed by atoms with Gasteiger partial charge in [-0.3, -0.25) is 5.32 Å². The summed E-state index contributed by atoms with van der Waals surface area (Å²) in [7, 11) is 1.76. The largest absolute Gasteiger partial charge is 0.380 e. The van der Waals surface area contributed by atoms with Gasteiger partial charge in [-0.25, -0.2) is 4.79 Å². The summed E-state index contributed by atoms with van der Waals surface area (Å²) < 4.78 is 5.38. The van der Waals surface area contributed by atoms with Gasteiger partial charge in [0, 0.05) is 31.6 Å². The van der Waals surface area contributed by atoms with Crippen molar-refractivity contribution in [3.8, 4) is 0 Å². The lowest BCUT2D eigenvalue weighted by Crippen LogP contribution is -2.22. The molecule has 0 spiro atoms. The number of thiophene rings is 1.